The molecule has 1 unspecified atom stereocenters. The Bertz CT molecular complexity index is 1050. The van der Waals surface area contributed by atoms with Crippen molar-refractivity contribution >= 4 is 17.4 Å². The smallest absolute Gasteiger partial charge is 0.295 e. The summed E-state index contributed by atoms with van der Waals surface area (Å²) in [7, 11) is 1.54. The Kier molecular flexibility index (Phi) is 10.5. The van der Waals surface area contributed by atoms with Gasteiger partial charge >= 0.3 is 0 Å². The van der Waals surface area contributed by atoms with Crippen LogP contribution in [0.4, 0.5) is 4.39 Å². The Hall–Kier alpha value is -3.15. The van der Waals surface area contributed by atoms with Gasteiger partial charge in [0.05, 0.1) is 18.7 Å². The zero-order chi connectivity index (χ0) is 25.9. The first-order chi connectivity index (χ1) is 17.5. The lowest BCUT2D eigenvalue weighted by Gasteiger charge is -2.25. The molecule has 1 fully saturated rings. The van der Waals surface area contributed by atoms with Gasteiger partial charge in [-0.25, -0.2) is 4.39 Å². The van der Waals surface area contributed by atoms with E-state index in [-0.39, 0.29) is 11.3 Å². The maximum Gasteiger partial charge on any atom is 0.295 e. The van der Waals surface area contributed by atoms with E-state index in [9.17, 15) is 19.1 Å². The van der Waals surface area contributed by atoms with E-state index >= 15 is 0 Å². The molecule has 0 spiro atoms. The van der Waals surface area contributed by atoms with Crippen molar-refractivity contribution in [2.75, 3.05) is 13.7 Å². The van der Waals surface area contributed by atoms with Gasteiger partial charge in [0.25, 0.3) is 11.7 Å². The number of aliphatic hydroxyl groups is 1. The molecule has 0 bridgehead atoms. The van der Waals surface area contributed by atoms with Gasteiger partial charge in [-0.2, -0.15) is 0 Å². The fourth-order valence-electron chi connectivity index (χ4n) is 4.81. The summed E-state index contributed by atoms with van der Waals surface area (Å²) in [6.07, 6.45) is 11.6. The van der Waals surface area contributed by atoms with Crippen LogP contribution >= 0.6 is 0 Å². The molecule has 1 aliphatic rings. The number of carbonyl (C=O) groups is 2. The van der Waals surface area contributed by atoms with E-state index in [0.29, 0.717) is 23.4 Å². The average molecular weight is 496 g/mol. The fourth-order valence-corrected chi connectivity index (χ4v) is 4.81. The average Bonchev–Trinajstić information content (AvgIpc) is 3.14. The molecule has 1 aliphatic heterocycles. The molecule has 2 aromatic rings. The van der Waals surface area contributed by atoms with Crippen LogP contribution in [-0.2, 0) is 9.59 Å². The molecule has 1 saturated heterocycles. The molecule has 1 N–H and O–H groups in total. The van der Waals surface area contributed by atoms with Crippen LogP contribution in [0.5, 0.6) is 5.75 Å². The third-order valence-corrected chi connectivity index (χ3v) is 6.82. The summed E-state index contributed by atoms with van der Waals surface area (Å²) in [6.45, 7) is 2.60. The summed E-state index contributed by atoms with van der Waals surface area (Å²) in [5, 5.41) is 11.1. The third-order valence-electron chi connectivity index (χ3n) is 6.82. The number of hydrogen-bond acceptors (Lipinski definition) is 4. The van der Waals surface area contributed by atoms with E-state index in [2.05, 4.69) is 6.92 Å². The molecule has 0 aliphatic carbocycles. The highest BCUT2D eigenvalue weighted by molar-refractivity contribution is 6.46. The van der Waals surface area contributed by atoms with Gasteiger partial charge in [0.2, 0.25) is 0 Å². The van der Waals surface area contributed by atoms with Crippen LogP contribution in [0.2, 0.25) is 0 Å². The van der Waals surface area contributed by atoms with Gasteiger partial charge in [0.1, 0.15) is 17.3 Å². The van der Waals surface area contributed by atoms with Gasteiger partial charge in [-0.3, -0.25) is 9.59 Å². The molecule has 0 radical (unpaired) electrons. The molecular formula is C30H38FNO4. The fraction of sp³-hybridized carbons (Fsp3) is 0.467. The Morgan fingerprint density at radius 2 is 1.53 bits per heavy atom. The highest BCUT2D eigenvalue weighted by Gasteiger charge is 2.45. The van der Waals surface area contributed by atoms with Gasteiger partial charge in [0, 0.05) is 12.1 Å². The maximum atomic E-state index is 14.1. The molecular weight excluding hydrogens is 457 g/mol. The number of Topliss-reactive ketones (excluding diaryl/α,β-unsaturated/α-hetero) is 1. The minimum Gasteiger partial charge on any atom is -0.507 e. The molecule has 194 valence electrons. The van der Waals surface area contributed by atoms with Crippen molar-refractivity contribution in [1.29, 1.82) is 0 Å². The quantitative estimate of drug-likeness (QED) is 0.130. The lowest BCUT2D eigenvalue weighted by atomic mass is 9.95. The molecule has 1 amide bonds. The van der Waals surface area contributed by atoms with Crippen molar-refractivity contribution in [3.05, 3.63) is 71.0 Å². The zero-order valence-electron chi connectivity index (χ0n) is 21.5. The Morgan fingerprint density at radius 1 is 0.917 bits per heavy atom. The minimum absolute atomic E-state index is 0.0113. The highest BCUT2D eigenvalue weighted by Crippen LogP contribution is 2.40. The summed E-state index contributed by atoms with van der Waals surface area (Å²) in [6, 6.07) is 11.7. The van der Waals surface area contributed by atoms with E-state index in [1.54, 1.807) is 36.4 Å². The lowest BCUT2D eigenvalue weighted by molar-refractivity contribution is -0.139. The number of rotatable bonds is 14. The normalized spacial score (nSPS) is 17.1. The largest absolute Gasteiger partial charge is 0.507 e. The third kappa shape index (κ3) is 6.96. The van der Waals surface area contributed by atoms with Crippen LogP contribution in [0.3, 0.4) is 0 Å². The molecule has 0 saturated carbocycles. The number of ether oxygens (including phenoxy) is 1. The number of benzene rings is 2. The molecule has 2 aromatic carbocycles. The number of methoxy groups -OCH3 is 1. The molecule has 5 nitrogen and oxygen atoms in total. The van der Waals surface area contributed by atoms with Crippen LogP contribution < -0.4 is 4.74 Å². The number of nitrogens with zero attached hydrogens (tertiary/aromatic N) is 1. The SMILES string of the molecule is CCCCCCCCCCCCN1C(=O)C(=O)/C(=C(\O)c2ccc(OC)cc2)C1c1cccc(F)c1. The molecule has 1 atom stereocenters. The van der Waals surface area contributed by atoms with Crippen LogP contribution in [0, 0.1) is 5.82 Å². The van der Waals surface area contributed by atoms with Crippen LogP contribution in [0.1, 0.15) is 88.3 Å². The van der Waals surface area contributed by atoms with Crippen molar-refractivity contribution in [2.45, 2.75) is 77.2 Å². The van der Waals surface area contributed by atoms with Gasteiger partial charge in [-0.15, -0.1) is 0 Å². The molecule has 0 aromatic heterocycles. The Morgan fingerprint density at radius 3 is 2.11 bits per heavy atom. The van der Waals surface area contributed by atoms with Gasteiger partial charge in [0.15, 0.2) is 0 Å². The number of unbranched alkanes of at least 4 members (excludes halogenated alkanes) is 9. The topological polar surface area (TPSA) is 66.8 Å². The van der Waals surface area contributed by atoms with Crippen LogP contribution in [0.25, 0.3) is 5.76 Å². The van der Waals surface area contributed by atoms with Gasteiger partial charge in [-0.05, 0) is 48.4 Å². The number of halogens is 1. The number of hydrogen-bond donors (Lipinski definition) is 1. The maximum absolute atomic E-state index is 14.1. The first kappa shape index (κ1) is 27.4. The van der Waals surface area contributed by atoms with Crippen LogP contribution in [0.15, 0.2) is 54.1 Å². The van der Waals surface area contributed by atoms with Gasteiger partial charge in [-0.1, -0.05) is 76.8 Å². The molecule has 36 heavy (non-hydrogen) atoms. The second kappa shape index (κ2) is 13.8. The van der Waals surface area contributed by atoms with E-state index in [4.69, 9.17) is 4.74 Å². The summed E-state index contributed by atoms with van der Waals surface area (Å²) >= 11 is 0. The number of ketones is 1. The number of amides is 1. The molecule has 1 heterocycles. The van der Waals surface area contributed by atoms with Crippen molar-refractivity contribution in [1.82, 2.24) is 4.90 Å². The second-order valence-corrected chi connectivity index (χ2v) is 9.46. The van der Waals surface area contributed by atoms with Crippen molar-refractivity contribution < 1.29 is 23.8 Å². The van der Waals surface area contributed by atoms with Gasteiger partial charge < -0.3 is 14.7 Å². The summed E-state index contributed by atoms with van der Waals surface area (Å²) in [4.78, 5) is 27.6. The predicted octanol–water partition coefficient (Wildman–Crippen LogP) is 7.18. The zero-order valence-corrected chi connectivity index (χ0v) is 21.5. The van der Waals surface area contributed by atoms with Crippen LogP contribution in [-0.4, -0.2) is 35.4 Å². The summed E-state index contributed by atoms with van der Waals surface area (Å²) < 4.78 is 19.3. The highest BCUT2D eigenvalue weighted by atomic mass is 19.1. The lowest BCUT2D eigenvalue weighted by Crippen LogP contribution is -2.30. The van der Waals surface area contributed by atoms with E-state index in [1.165, 1.54) is 62.7 Å². The Balaban J connectivity index is 1.73. The number of likely N-dealkylation sites (tertiary alicyclic amines) is 1. The first-order valence-corrected chi connectivity index (χ1v) is 13.2. The van der Waals surface area contributed by atoms with Crippen molar-refractivity contribution in [3.8, 4) is 5.75 Å². The number of carbonyl (C=O) groups excluding carboxylic acids is 2. The van der Waals surface area contributed by atoms with E-state index < -0.39 is 23.5 Å². The minimum atomic E-state index is -0.832. The standard InChI is InChI=1S/C30H38FNO4/c1-3-4-5-6-7-8-9-10-11-12-20-32-27(23-14-13-15-24(31)21-23)26(29(34)30(32)35)28(33)22-16-18-25(36-2)19-17-22/h13-19,21,27,33H,3-12,20H2,1-2H3/b28-26-. The predicted molar refractivity (Wildman–Crippen MR) is 140 cm³/mol. The van der Waals surface area contributed by atoms with Crippen molar-refractivity contribution in [2.24, 2.45) is 0 Å². The van der Waals surface area contributed by atoms with E-state index in [1.807, 2.05) is 0 Å². The monoisotopic (exact) mass is 495 g/mol. The summed E-state index contributed by atoms with van der Waals surface area (Å²) in [5.41, 5.74) is 0.855. The first-order valence-electron chi connectivity index (χ1n) is 13.2. The molecule has 6 heteroatoms. The molecule has 3 rings (SSSR count). The van der Waals surface area contributed by atoms with E-state index in [0.717, 1.165) is 25.7 Å². The second-order valence-electron chi connectivity index (χ2n) is 9.46. The van der Waals surface area contributed by atoms with Crippen molar-refractivity contribution in [3.63, 3.8) is 0 Å². The number of aliphatic hydroxyl groups excluding tert-OH is 1. The summed E-state index contributed by atoms with van der Waals surface area (Å²) in [5.74, 6) is -1.52. The Labute approximate surface area is 214 Å².